The van der Waals surface area contributed by atoms with Gasteiger partial charge in [0.2, 0.25) is 0 Å². The van der Waals surface area contributed by atoms with Crippen molar-refractivity contribution in [2.24, 2.45) is 11.3 Å². The molecule has 1 nitrogen and oxygen atoms in total. The van der Waals surface area contributed by atoms with Crippen molar-refractivity contribution in [3.8, 4) is 0 Å². The molecule has 0 aromatic heterocycles. The molecule has 1 heteroatoms. The lowest BCUT2D eigenvalue weighted by Crippen LogP contribution is -2.56. The minimum absolute atomic E-state index is 0.660. The highest BCUT2D eigenvalue weighted by Gasteiger charge is 2.38. The molecule has 1 fully saturated rings. The molecule has 0 amide bonds. The van der Waals surface area contributed by atoms with E-state index in [0.717, 1.165) is 5.92 Å². The molecule has 0 spiro atoms. The van der Waals surface area contributed by atoms with Gasteiger partial charge in [0, 0.05) is 13.1 Å². The monoisotopic (exact) mass is 183 g/mol. The number of hydrogen-bond acceptors (Lipinski definition) is 1. The molecule has 1 aliphatic heterocycles. The van der Waals surface area contributed by atoms with E-state index >= 15 is 0 Å². The Balaban J connectivity index is 2.17. The van der Waals surface area contributed by atoms with Gasteiger partial charge in [-0.3, -0.25) is 0 Å². The minimum atomic E-state index is 0.660. The van der Waals surface area contributed by atoms with Crippen LogP contribution in [0.2, 0.25) is 0 Å². The molecule has 1 heterocycles. The van der Waals surface area contributed by atoms with E-state index in [4.69, 9.17) is 0 Å². The average molecular weight is 183 g/mol. The van der Waals surface area contributed by atoms with Crippen molar-refractivity contribution in [1.82, 2.24) is 5.32 Å². The Morgan fingerprint density at radius 1 is 1.15 bits per heavy atom. The van der Waals surface area contributed by atoms with Gasteiger partial charge in [0.25, 0.3) is 0 Å². The average Bonchev–Trinajstić information content (AvgIpc) is 2.01. The summed E-state index contributed by atoms with van der Waals surface area (Å²) in [5.41, 5.74) is 0.660. The zero-order valence-electron chi connectivity index (χ0n) is 9.53. The fourth-order valence-electron chi connectivity index (χ4n) is 2.22. The van der Waals surface area contributed by atoms with Crippen LogP contribution in [0.25, 0.3) is 0 Å². The van der Waals surface area contributed by atoms with E-state index in [1.165, 1.54) is 45.2 Å². The Morgan fingerprint density at radius 3 is 2.23 bits per heavy atom. The van der Waals surface area contributed by atoms with E-state index in [1.807, 2.05) is 0 Å². The molecule has 1 aliphatic rings. The fraction of sp³-hybridized carbons (Fsp3) is 1.00. The van der Waals surface area contributed by atoms with E-state index in [-0.39, 0.29) is 0 Å². The molecule has 0 radical (unpaired) electrons. The van der Waals surface area contributed by atoms with Crippen molar-refractivity contribution in [3.63, 3.8) is 0 Å². The van der Waals surface area contributed by atoms with E-state index in [1.54, 1.807) is 0 Å². The SMILES string of the molecule is CCCCCCC1(C(C)C)CNC1. The van der Waals surface area contributed by atoms with Gasteiger partial charge in [0.05, 0.1) is 0 Å². The van der Waals surface area contributed by atoms with Crippen LogP contribution in [-0.4, -0.2) is 13.1 Å². The molecule has 0 atom stereocenters. The molecular formula is C12H25N. The van der Waals surface area contributed by atoms with Gasteiger partial charge >= 0.3 is 0 Å². The Hall–Kier alpha value is -0.0400. The third-order valence-electron chi connectivity index (χ3n) is 3.71. The predicted molar refractivity (Wildman–Crippen MR) is 58.9 cm³/mol. The summed E-state index contributed by atoms with van der Waals surface area (Å²) in [6.07, 6.45) is 7.09. The van der Waals surface area contributed by atoms with Gasteiger partial charge in [0.1, 0.15) is 0 Å². The molecule has 1 saturated heterocycles. The Kier molecular flexibility index (Phi) is 4.24. The van der Waals surface area contributed by atoms with Crippen molar-refractivity contribution in [1.29, 1.82) is 0 Å². The normalized spacial score (nSPS) is 20.3. The molecule has 0 aromatic rings. The van der Waals surface area contributed by atoms with Gasteiger partial charge in [-0.15, -0.1) is 0 Å². The number of unbranched alkanes of at least 4 members (excludes halogenated alkanes) is 3. The summed E-state index contributed by atoms with van der Waals surface area (Å²) in [5.74, 6) is 0.857. The standard InChI is InChI=1S/C12H25N/c1-4-5-6-7-8-12(11(2)3)9-13-10-12/h11,13H,4-10H2,1-3H3. The maximum absolute atomic E-state index is 3.42. The second-order valence-electron chi connectivity index (χ2n) is 4.93. The number of nitrogens with one attached hydrogen (secondary N) is 1. The van der Waals surface area contributed by atoms with Gasteiger partial charge in [-0.2, -0.15) is 0 Å². The molecule has 0 aromatic carbocycles. The van der Waals surface area contributed by atoms with Gasteiger partial charge in [-0.05, 0) is 17.8 Å². The highest BCUT2D eigenvalue weighted by molar-refractivity contribution is 4.94. The van der Waals surface area contributed by atoms with Crippen LogP contribution >= 0.6 is 0 Å². The minimum Gasteiger partial charge on any atom is -0.316 e. The van der Waals surface area contributed by atoms with Gasteiger partial charge in [0.15, 0.2) is 0 Å². The van der Waals surface area contributed by atoms with Crippen LogP contribution in [0, 0.1) is 11.3 Å². The molecule has 0 aliphatic carbocycles. The molecule has 78 valence electrons. The quantitative estimate of drug-likeness (QED) is 0.624. The fourth-order valence-corrected chi connectivity index (χ4v) is 2.22. The predicted octanol–water partition coefficient (Wildman–Crippen LogP) is 3.20. The molecule has 1 rings (SSSR count). The van der Waals surface area contributed by atoms with Crippen LogP contribution in [0.4, 0.5) is 0 Å². The van der Waals surface area contributed by atoms with Gasteiger partial charge in [-0.25, -0.2) is 0 Å². The lowest BCUT2D eigenvalue weighted by atomic mass is 9.69. The van der Waals surface area contributed by atoms with Crippen LogP contribution in [-0.2, 0) is 0 Å². The van der Waals surface area contributed by atoms with Crippen LogP contribution in [0.5, 0.6) is 0 Å². The maximum Gasteiger partial charge on any atom is 0.00227 e. The van der Waals surface area contributed by atoms with Crippen molar-refractivity contribution < 1.29 is 0 Å². The van der Waals surface area contributed by atoms with E-state index in [0.29, 0.717) is 5.41 Å². The molecule has 0 unspecified atom stereocenters. The third-order valence-corrected chi connectivity index (χ3v) is 3.71. The first kappa shape index (κ1) is 11.0. The molecule has 1 N–H and O–H groups in total. The summed E-state index contributed by atoms with van der Waals surface area (Å²) in [4.78, 5) is 0. The second kappa shape index (κ2) is 4.99. The first-order valence-electron chi connectivity index (χ1n) is 5.92. The van der Waals surface area contributed by atoms with Crippen LogP contribution < -0.4 is 5.32 Å². The topological polar surface area (TPSA) is 12.0 Å². The highest BCUT2D eigenvalue weighted by Crippen LogP contribution is 2.37. The summed E-state index contributed by atoms with van der Waals surface area (Å²) < 4.78 is 0. The van der Waals surface area contributed by atoms with Crippen molar-refractivity contribution in [2.45, 2.75) is 52.9 Å². The van der Waals surface area contributed by atoms with Gasteiger partial charge in [-0.1, -0.05) is 46.5 Å². The molecule has 0 bridgehead atoms. The lowest BCUT2D eigenvalue weighted by Gasteiger charge is -2.46. The zero-order chi connectivity index (χ0) is 9.73. The smallest absolute Gasteiger partial charge is 0.00227 e. The first-order chi connectivity index (χ1) is 6.21. The van der Waals surface area contributed by atoms with Crippen LogP contribution in [0.1, 0.15) is 52.9 Å². The zero-order valence-corrected chi connectivity index (χ0v) is 9.53. The van der Waals surface area contributed by atoms with Crippen molar-refractivity contribution in [3.05, 3.63) is 0 Å². The summed E-state index contributed by atoms with van der Waals surface area (Å²) in [7, 11) is 0. The first-order valence-corrected chi connectivity index (χ1v) is 5.92. The Labute approximate surface area is 83.3 Å². The summed E-state index contributed by atoms with van der Waals surface area (Å²) in [6.45, 7) is 9.55. The van der Waals surface area contributed by atoms with Gasteiger partial charge < -0.3 is 5.32 Å². The van der Waals surface area contributed by atoms with E-state index in [2.05, 4.69) is 26.1 Å². The number of hydrogen-bond donors (Lipinski definition) is 1. The van der Waals surface area contributed by atoms with E-state index < -0.39 is 0 Å². The third kappa shape index (κ3) is 2.70. The molecule has 0 saturated carbocycles. The summed E-state index contributed by atoms with van der Waals surface area (Å²) in [6, 6.07) is 0. The van der Waals surface area contributed by atoms with E-state index in [9.17, 15) is 0 Å². The van der Waals surface area contributed by atoms with Crippen LogP contribution in [0.15, 0.2) is 0 Å². The van der Waals surface area contributed by atoms with Crippen molar-refractivity contribution >= 4 is 0 Å². The highest BCUT2D eigenvalue weighted by atomic mass is 15.0. The summed E-state index contributed by atoms with van der Waals surface area (Å²) in [5, 5.41) is 3.42. The lowest BCUT2D eigenvalue weighted by molar-refractivity contribution is 0.0836. The Bertz CT molecular complexity index is 136. The molecule has 13 heavy (non-hydrogen) atoms. The maximum atomic E-state index is 3.42. The largest absolute Gasteiger partial charge is 0.316 e. The van der Waals surface area contributed by atoms with Crippen molar-refractivity contribution in [2.75, 3.05) is 13.1 Å². The summed E-state index contributed by atoms with van der Waals surface area (Å²) >= 11 is 0. The van der Waals surface area contributed by atoms with Crippen LogP contribution in [0.3, 0.4) is 0 Å². The molecular weight excluding hydrogens is 158 g/mol. The Morgan fingerprint density at radius 2 is 1.85 bits per heavy atom. The number of rotatable bonds is 6. The second-order valence-corrected chi connectivity index (χ2v) is 4.93.